The molecule has 0 unspecified atom stereocenters. The Morgan fingerprint density at radius 3 is 2.62 bits per heavy atom. The topological polar surface area (TPSA) is 118 Å². The summed E-state index contributed by atoms with van der Waals surface area (Å²) in [6, 6.07) is 9.92. The summed E-state index contributed by atoms with van der Waals surface area (Å²) in [5.74, 6) is 1.42. The molecule has 0 radical (unpaired) electrons. The Hall–Kier alpha value is -4.66. The lowest BCUT2D eigenvalue weighted by Gasteiger charge is -2.22. The van der Waals surface area contributed by atoms with Crippen LogP contribution < -0.4 is 4.74 Å². The molecule has 37 heavy (non-hydrogen) atoms. The molecule has 6 heterocycles. The molecule has 0 atom stereocenters. The van der Waals surface area contributed by atoms with Crippen molar-refractivity contribution in [2.75, 3.05) is 0 Å². The number of aromatic amines is 2. The Kier molecular flexibility index (Phi) is 5.31. The highest BCUT2D eigenvalue weighted by Crippen LogP contribution is 2.32. The van der Waals surface area contributed by atoms with Crippen molar-refractivity contribution in [2.45, 2.75) is 38.2 Å². The number of aromatic nitrogens is 8. The van der Waals surface area contributed by atoms with Gasteiger partial charge in [0.05, 0.1) is 29.7 Å². The molecule has 0 aliphatic heterocycles. The first kappa shape index (κ1) is 21.6. The predicted octanol–water partition coefficient (Wildman–Crippen LogP) is 5.73. The van der Waals surface area contributed by atoms with Crippen LogP contribution in [0.1, 0.15) is 32.1 Å². The fourth-order valence-electron chi connectivity index (χ4n) is 5.04. The van der Waals surface area contributed by atoms with Gasteiger partial charge in [-0.15, -0.1) is 0 Å². The number of pyridine rings is 4. The van der Waals surface area contributed by atoms with E-state index in [0.717, 1.165) is 57.4 Å². The summed E-state index contributed by atoms with van der Waals surface area (Å²) in [7, 11) is 0. The van der Waals surface area contributed by atoms with Gasteiger partial charge in [-0.05, 0) is 61.6 Å². The van der Waals surface area contributed by atoms with E-state index < -0.39 is 0 Å². The first-order chi connectivity index (χ1) is 18.3. The van der Waals surface area contributed by atoms with E-state index in [1.165, 1.54) is 19.3 Å². The third-order valence-corrected chi connectivity index (χ3v) is 6.91. The SMILES string of the molecule is c1cc(-c2ccnc3[nH]c(-c4n[nH]c5cnc(-c6cncc(OC7CCCCC7)c6)cc45)nc23)ccn1. The van der Waals surface area contributed by atoms with Crippen molar-refractivity contribution < 1.29 is 4.74 Å². The molecule has 0 spiro atoms. The van der Waals surface area contributed by atoms with E-state index in [4.69, 9.17) is 9.72 Å². The smallest absolute Gasteiger partial charge is 0.160 e. The molecular formula is C28H24N8O. The normalized spacial score (nSPS) is 14.4. The minimum absolute atomic E-state index is 0.264. The lowest BCUT2D eigenvalue weighted by Crippen LogP contribution is -2.19. The quantitative estimate of drug-likeness (QED) is 0.318. The average molecular weight is 489 g/mol. The summed E-state index contributed by atoms with van der Waals surface area (Å²) in [4.78, 5) is 25.9. The number of fused-ring (bicyclic) bond motifs is 2. The zero-order valence-corrected chi connectivity index (χ0v) is 20.1. The number of ether oxygens (including phenoxy) is 1. The van der Waals surface area contributed by atoms with E-state index in [1.54, 1.807) is 31.0 Å². The third kappa shape index (κ3) is 4.08. The second kappa shape index (κ2) is 9.09. The molecular weight excluding hydrogens is 464 g/mol. The third-order valence-electron chi connectivity index (χ3n) is 6.91. The molecule has 6 aromatic heterocycles. The summed E-state index contributed by atoms with van der Waals surface area (Å²) in [5, 5.41) is 8.55. The molecule has 0 saturated heterocycles. The van der Waals surface area contributed by atoms with E-state index in [1.807, 2.05) is 36.5 Å². The zero-order chi connectivity index (χ0) is 24.6. The summed E-state index contributed by atoms with van der Waals surface area (Å²) in [5.41, 5.74) is 6.72. The van der Waals surface area contributed by atoms with Crippen molar-refractivity contribution in [1.82, 2.24) is 40.1 Å². The van der Waals surface area contributed by atoms with E-state index >= 15 is 0 Å². The molecule has 0 bridgehead atoms. The van der Waals surface area contributed by atoms with E-state index in [9.17, 15) is 0 Å². The Bertz CT molecular complexity index is 1700. The summed E-state index contributed by atoms with van der Waals surface area (Å²) < 4.78 is 6.23. The maximum absolute atomic E-state index is 6.23. The van der Waals surface area contributed by atoms with Gasteiger partial charge in [0.1, 0.15) is 17.0 Å². The van der Waals surface area contributed by atoms with Crippen molar-refractivity contribution in [2.24, 2.45) is 0 Å². The van der Waals surface area contributed by atoms with Gasteiger partial charge in [0.15, 0.2) is 11.5 Å². The van der Waals surface area contributed by atoms with E-state index in [0.29, 0.717) is 17.2 Å². The van der Waals surface area contributed by atoms with Crippen molar-refractivity contribution in [3.8, 4) is 39.7 Å². The van der Waals surface area contributed by atoms with Crippen LogP contribution in [0.2, 0.25) is 0 Å². The van der Waals surface area contributed by atoms with Crippen LogP contribution in [0.5, 0.6) is 5.75 Å². The summed E-state index contributed by atoms with van der Waals surface area (Å²) in [6.07, 6.45) is 16.9. The fraction of sp³-hybridized carbons (Fsp3) is 0.214. The van der Waals surface area contributed by atoms with Crippen LogP contribution in [0, 0.1) is 0 Å². The average Bonchev–Trinajstić information content (AvgIpc) is 3.58. The Morgan fingerprint density at radius 1 is 0.838 bits per heavy atom. The number of nitrogens with one attached hydrogen (secondary N) is 2. The number of nitrogens with zero attached hydrogens (tertiary/aromatic N) is 6. The van der Waals surface area contributed by atoms with Crippen molar-refractivity contribution in [3.05, 3.63) is 67.5 Å². The highest BCUT2D eigenvalue weighted by Gasteiger charge is 2.18. The van der Waals surface area contributed by atoms with Gasteiger partial charge in [-0.25, -0.2) is 9.97 Å². The van der Waals surface area contributed by atoms with Gasteiger partial charge < -0.3 is 9.72 Å². The molecule has 1 saturated carbocycles. The van der Waals surface area contributed by atoms with E-state index in [2.05, 4.69) is 35.1 Å². The molecule has 6 aromatic rings. The lowest BCUT2D eigenvalue weighted by atomic mass is 9.98. The second-order valence-corrected chi connectivity index (χ2v) is 9.35. The molecule has 2 N–H and O–H groups in total. The van der Waals surface area contributed by atoms with Gasteiger partial charge in [-0.1, -0.05) is 6.42 Å². The number of rotatable bonds is 5. The summed E-state index contributed by atoms with van der Waals surface area (Å²) >= 11 is 0. The minimum Gasteiger partial charge on any atom is -0.489 e. The zero-order valence-electron chi connectivity index (χ0n) is 20.1. The minimum atomic E-state index is 0.264. The Labute approximate surface area is 212 Å². The second-order valence-electron chi connectivity index (χ2n) is 9.35. The molecule has 1 aliphatic rings. The van der Waals surface area contributed by atoms with Crippen LogP contribution in [0.25, 0.3) is 56.0 Å². The van der Waals surface area contributed by atoms with Crippen molar-refractivity contribution in [1.29, 1.82) is 0 Å². The van der Waals surface area contributed by atoms with Gasteiger partial charge >= 0.3 is 0 Å². The number of hydrogen-bond donors (Lipinski definition) is 2. The van der Waals surface area contributed by atoms with Gasteiger partial charge in [-0.3, -0.25) is 20.1 Å². The van der Waals surface area contributed by atoms with Crippen molar-refractivity contribution >= 4 is 22.1 Å². The molecule has 0 amide bonds. The Morgan fingerprint density at radius 2 is 1.73 bits per heavy atom. The first-order valence-corrected chi connectivity index (χ1v) is 12.5. The number of imidazole rings is 1. The monoisotopic (exact) mass is 488 g/mol. The van der Waals surface area contributed by atoms with Crippen LogP contribution in [-0.4, -0.2) is 46.2 Å². The van der Waals surface area contributed by atoms with Crippen LogP contribution in [-0.2, 0) is 0 Å². The molecule has 9 heteroatoms. The number of hydrogen-bond acceptors (Lipinski definition) is 7. The molecule has 1 aliphatic carbocycles. The van der Waals surface area contributed by atoms with Gasteiger partial charge in [0.25, 0.3) is 0 Å². The molecule has 1 fully saturated rings. The lowest BCUT2D eigenvalue weighted by molar-refractivity contribution is 0.154. The predicted molar refractivity (Wildman–Crippen MR) is 141 cm³/mol. The first-order valence-electron chi connectivity index (χ1n) is 12.5. The standard InChI is InChI=1S/C28H24N8O/c1-2-4-19(5-3-1)37-20-12-18(14-30-15-20)23-13-22-24(16-32-23)35-36-26(22)28-33-25-21(8-11-31-27(25)34-28)17-6-9-29-10-7-17/h6-16,19H,1-5H2,(H,35,36)(H,31,33,34). The molecule has 182 valence electrons. The van der Waals surface area contributed by atoms with Gasteiger partial charge in [0.2, 0.25) is 0 Å². The van der Waals surface area contributed by atoms with Crippen LogP contribution in [0.15, 0.2) is 67.5 Å². The molecule has 9 nitrogen and oxygen atoms in total. The van der Waals surface area contributed by atoms with Gasteiger partial charge in [-0.2, -0.15) is 5.10 Å². The fourth-order valence-corrected chi connectivity index (χ4v) is 5.04. The van der Waals surface area contributed by atoms with Crippen LogP contribution >= 0.6 is 0 Å². The molecule has 7 rings (SSSR count). The van der Waals surface area contributed by atoms with Gasteiger partial charge in [0, 0.05) is 41.3 Å². The molecule has 0 aromatic carbocycles. The highest BCUT2D eigenvalue weighted by molar-refractivity contribution is 5.96. The highest BCUT2D eigenvalue weighted by atomic mass is 16.5. The maximum atomic E-state index is 6.23. The van der Waals surface area contributed by atoms with Crippen molar-refractivity contribution in [3.63, 3.8) is 0 Å². The van der Waals surface area contributed by atoms with E-state index in [-0.39, 0.29) is 6.10 Å². The van der Waals surface area contributed by atoms with Crippen LogP contribution in [0.4, 0.5) is 0 Å². The van der Waals surface area contributed by atoms with Crippen LogP contribution in [0.3, 0.4) is 0 Å². The number of H-pyrrole nitrogens is 2. The Balaban J connectivity index is 1.26. The summed E-state index contributed by atoms with van der Waals surface area (Å²) in [6.45, 7) is 0. The maximum Gasteiger partial charge on any atom is 0.160 e. The largest absolute Gasteiger partial charge is 0.489 e.